The minimum atomic E-state index is -1.11. The van der Waals surface area contributed by atoms with Crippen molar-refractivity contribution < 1.29 is 28.3 Å². The third-order valence-corrected chi connectivity index (χ3v) is 5.04. The van der Waals surface area contributed by atoms with Crippen LogP contribution in [0.2, 0.25) is 0 Å². The molecule has 150 valence electrons. The fourth-order valence-corrected chi connectivity index (χ4v) is 3.15. The topological polar surface area (TPSA) is 105 Å². The number of nitrogens with one attached hydrogen (secondary N) is 2. The molecule has 1 aliphatic heterocycles. The number of hydrogen-bond acceptors (Lipinski definition) is 5. The number of carbonyl (C=O) groups excluding carboxylic acids is 4. The summed E-state index contributed by atoms with van der Waals surface area (Å²) in [6.45, 7) is 2.64. The van der Waals surface area contributed by atoms with Crippen molar-refractivity contribution in [3.05, 3.63) is 35.6 Å². The molecule has 2 fully saturated rings. The number of carbonyl (C=O) groups is 4. The Kier molecular flexibility index (Phi) is 5.35. The molecule has 0 spiro atoms. The van der Waals surface area contributed by atoms with E-state index in [1.54, 1.807) is 6.92 Å². The lowest BCUT2D eigenvalue weighted by Crippen LogP contribution is -2.46. The minimum Gasteiger partial charge on any atom is -0.451 e. The average molecular weight is 391 g/mol. The highest BCUT2D eigenvalue weighted by Crippen LogP contribution is 2.42. The molecule has 28 heavy (non-hydrogen) atoms. The van der Waals surface area contributed by atoms with Gasteiger partial charge in [0.2, 0.25) is 0 Å². The van der Waals surface area contributed by atoms with Crippen LogP contribution in [0.4, 0.5) is 9.18 Å². The van der Waals surface area contributed by atoms with Gasteiger partial charge in [0.25, 0.3) is 11.8 Å². The molecule has 2 atom stereocenters. The van der Waals surface area contributed by atoms with Crippen LogP contribution in [0.3, 0.4) is 0 Å². The first-order chi connectivity index (χ1) is 13.2. The van der Waals surface area contributed by atoms with Crippen molar-refractivity contribution in [1.82, 2.24) is 15.5 Å². The number of ether oxygens (including phenoxy) is 1. The maximum absolute atomic E-state index is 12.9. The predicted octanol–water partition coefficient (Wildman–Crippen LogP) is 1.09. The normalized spacial score (nSPS) is 22.6. The smallest absolute Gasteiger partial charge is 0.327 e. The summed E-state index contributed by atoms with van der Waals surface area (Å²) in [6, 6.07) is 4.98. The van der Waals surface area contributed by atoms with E-state index in [0.717, 1.165) is 17.7 Å². The second kappa shape index (κ2) is 7.57. The molecule has 0 radical (unpaired) electrons. The third kappa shape index (κ3) is 4.13. The van der Waals surface area contributed by atoms with Crippen molar-refractivity contribution in [3.63, 3.8) is 0 Å². The average Bonchev–Trinajstić information content (AvgIpc) is 3.47. The molecule has 1 aromatic rings. The Labute approximate surface area is 161 Å². The van der Waals surface area contributed by atoms with Gasteiger partial charge in [-0.25, -0.2) is 9.18 Å². The van der Waals surface area contributed by atoms with Crippen LogP contribution < -0.4 is 10.6 Å². The van der Waals surface area contributed by atoms with Crippen LogP contribution in [-0.4, -0.2) is 46.9 Å². The van der Waals surface area contributed by atoms with Gasteiger partial charge < -0.3 is 15.4 Å². The molecular weight excluding hydrogens is 369 g/mol. The maximum atomic E-state index is 12.9. The Balaban J connectivity index is 1.48. The van der Waals surface area contributed by atoms with Crippen LogP contribution in [0.5, 0.6) is 0 Å². The second-order valence-corrected chi connectivity index (χ2v) is 7.27. The molecule has 1 heterocycles. The quantitative estimate of drug-likeness (QED) is 0.535. The Hall–Kier alpha value is -2.97. The van der Waals surface area contributed by atoms with Gasteiger partial charge >= 0.3 is 12.0 Å². The molecule has 2 N–H and O–H groups in total. The monoisotopic (exact) mass is 391 g/mol. The maximum Gasteiger partial charge on any atom is 0.327 e. The number of nitrogens with zero attached hydrogens (tertiary/aromatic N) is 1. The fraction of sp³-hybridized carbons (Fsp3) is 0.474. The van der Waals surface area contributed by atoms with E-state index in [0.29, 0.717) is 5.56 Å². The molecule has 0 aromatic heterocycles. The first kappa shape index (κ1) is 19.8. The first-order valence-corrected chi connectivity index (χ1v) is 9.06. The summed E-state index contributed by atoms with van der Waals surface area (Å²) in [5, 5.41) is 5.21. The molecule has 9 heteroatoms. The van der Waals surface area contributed by atoms with Gasteiger partial charge in [-0.2, -0.15) is 0 Å². The number of benzene rings is 1. The second-order valence-electron chi connectivity index (χ2n) is 7.27. The van der Waals surface area contributed by atoms with E-state index in [2.05, 4.69) is 10.6 Å². The summed E-state index contributed by atoms with van der Waals surface area (Å²) < 4.78 is 17.9. The summed E-state index contributed by atoms with van der Waals surface area (Å²) >= 11 is 0. The lowest BCUT2D eigenvalue weighted by molar-refractivity contribution is -0.156. The summed E-state index contributed by atoms with van der Waals surface area (Å²) in [5.74, 6) is -2.15. The lowest BCUT2D eigenvalue weighted by atomic mass is 9.96. The molecule has 4 amide bonds. The molecule has 2 aliphatic rings. The lowest BCUT2D eigenvalue weighted by Gasteiger charge is -2.21. The number of esters is 1. The zero-order valence-corrected chi connectivity index (χ0v) is 15.7. The minimum absolute atomic E-state index is 0.0844. The number of amides is 4. The Morgan fingerprint density at radius 1 is 1.32 bits per heavy atom. The first-order valence-electron chi connectivity index (χ1n) is 9.06. The Bertz CT molecular complexity index is 808. The number of imide groups is 1. The van der Waals surface area contributed by atoms with Crippen LogP contribution >= 0.6 is 0 Å². The summed E-state index contributed by atoms with van der Waals surface area (Å²) in [5.41, 5.74) is -0.290. The molecule has 3 rings (SSSR count). The SMILES string of the molecule is C[C@H](OC(=O)CN1C(=O)N[C@@](C)(C2CC2)C1=O)C(=O)NCc1ccc(F)cc1. The summed E-state index contributed by atoms with van der Waals surface area (Å²) in [4.78, 5) is 49.5. The molecule has 1 saturated carbocycles. The van der Waals surface area contributed by atoms with Crippen LogP contribution in [0.1, 0.15) is 32.3 Å². The van der Waals surface area contributed by atoms with E-state index >= 15 is 0 Å². The van der Waals surface area contributed by atoms with Gasteiger partial charge in [0.05, 0.1) is 0 Å². The van der Waals surface area contributed by atoms with Gasteiger partial charge in [-0.05, 0) is 50.3 Å². The third-order valence-electron chi connectivity index (χ3n) is 5.04. The van der Waals surface area contributed by atoms with E-state index in [9.17, 15) is 23.6 Å². The van der Waals surface area contributed by atoms with Gasteiger partial charge in [0.1, 0.15) is 17.9 Å². The number of rotatable bonds is 7. The Morgan fingerprint density at radius 3 is 2.57 bits per heavy atom. The van der Waals surface area contributed by atoms with Crippen molar-refractivity contribution in [2.45, 2.75) is 44.9 Å². The molecule has 0 unspecified atom stereocenters. The van der Waals surface area contributed by atoms with Crippen molar-refractivity contribution in [2.75, 3.05) is 6.54 Å². The van der Waals surface area contributed by atoms with Gasteiger partial charge in [-0.1, -0.05) is 12.1 Å². The van der Waals surface area contributed by atoms with Crippen molar-refractivity contribution in [2.24, 2.45) is 5.92 Å². The Morgan fingerprint density at radius 2 is 1.96 bits per heavy atom. The van der Waals surface area contributed by atoms with Gasteiger partial charge in [0, 0.05) is 6.54 Å². The molecule has 1 aliphatic carbocycles. The van der Waals surface area contributed by atoms with Crippen LogP contribution in [0.25, 0.3) is 0 Å². The van der Waals surface area contributed by atoms with E-state index in [-0.39, 0.29) is 18.3 Å². The highest BCUT2D eigenvalue weighted by Gasteiger charge is 2.56. The summed E-state index contributed by atoms with van der Waals surface area (Å²) in [6.07, 6.45) is 0.599. The fourth-order valence-electron chi connectivity index (χ4n) is 3.15. The molecule has 1 aromatic carbocycles. The van der Waals surface area contributed by atoms with Crippen LogP contribution in [0.15, 0.2) is 24.3 Å². The zero-order chi connectivity index (χ0) is 20.5. The summed E-state index contributed by atoms with van der Waals surface area (Å²) in [7, 11) is 0. The number of urea groups is 1. The molecule has 8 nitrogen and oxygen atoms in total. The van der Waals surface area contributed by atoms with Gasteiger partial charge in [-0.3, -0.25) is 19.3 Å². The highest BCUT2D eigenvalue weighted by molar-refractivity contribution is 6.08. The van der Waals surface area contributed by atoms with E-state index in [1.165, 1.54) is 31.2 Å². The van der Waals surface area contributed by atoms with Crippen molar-refractivity contribution in [3.8, 4) is 0 Å². The number of hydrogen-bond donors (Lipinski definition) is 2. The van der Waals surface area contributed by atoms with E-state index in [4.69, 9.17) is 4.74 Å². The molecular formula is C19H22FN3O5. The standard InChI is InChI=1S/C19H22FN3O5/c1-11(16(25)21-9-12-3-7-14(20)8-4-12)28-15(24)10-23-17(26)19(2,13-5-6-13)22-18(23)27/h3-4,7-8,11,13H,5-6,9-10H2,1-2H3,(H,21,25)(H,22,27)/t11-,19-/m0/s1. The zero-order valence-electron chi connectivity index (χ0n) is 15.7. The van der Waals surface area contributed by atoms with E-state index < -0.39 is 42.0 Å². The van der Waals surface area contributed by atoms with E-state index in [1.807, 2.05) is 0 Å². The number of halogens is 1. The van der Waals surface area contributed by atoms with Gasteiger partial charge in [-0.15, -0.1) is 0 Å². The van der Waals surface area contributed by atoms with Crippen molar-refractivity contribution >= 4 is 23.8 Å². The molecule has 1 saturated heterocycles. The highest BCUT2D eigenvalue weighted by atomic mass is 19.1. The predicted molar refractivity (Wildman–Crippen MR) is 95.2 cm³/mol. The molecule has 0 bridgehead atoms. The van der Waals surface area contributed by atoms with Crippen molar-refractivity contribution in [1.29, 1.82) is 0 Å². The largest absolute Gasteiger partial charge is 0.451 e. The van der Waals surface area contributed by atoms with Crippen LogP contribution in [-0.2, 0) is 25.7 Å². The van der Waals surface area contributed by atoms with Gasteiger partial charge in [0.15, 0.2) is 6.10 Å². The van der Waals surface area contributed by atoms with Crippen LogP contribution in [0, 0.1) is 11.7 Å².